The molecule has 0 bridgehead atoms. The van der Waals surface area contributed by atoms with Gasteiger partial charge in [-0.15, -0.1) is 11.3 Å². The summed E-state index contributed by atoms with van der Waals surface area (Å²) in [6.07, 6.45) is 4.86. The molecule has 0 aliphatic rings. The Balaban J connectivity index is 0.00000225. The standard InChI is InChI=1S/C19H18N2O2S.Na.H/c22-19(23)9-4-12-20-15-6-3-5-14(13-15)10-11-18-21-16-7-1-2-8-17(16)24-18;;/h1-3,5-8,10-11,13,20H,4,9,12H2,(H,22,23);;/b11-10+;;. The summed E-state index contributed by atoms with van der Waals surface area (Å²) in [6.45, 7) is 0.650. The second-order valence-corrected chi connectivity index (χ2v) is 6.46. The molecule has 25 heavy (non-hydrogen) atoms. The molecule has 0 spiro atoms. The van der Waals surface area contributed by atoms with Gasteiger partial charge in [-0.3, -0.25) is 4.79 Å². The molecule has 2 aromatic carbocycles. The van der Waals surface area contributed by atoms with Crippen molar-refractivity contribution < 1.29 is 9.90 Å². The van der Waals surface area contributed by atoms with Crippen molar-refractivity contribution in [3.8, 4) is 0 Å². The number of hydrogen-bond acceptors (Lipinski definition) is 4. The van der Waals surface area contributed by atoms with Crippen molar-refractivity contribution in [2.75, 3.05) is 11.9 Å². The van der Waals surface area contributed by atoms with Crippen LogP contribution in [0.25, 0.3) is 22.4 Å². The van der Waals surface area contributed by atoms with Crippen LogP contribution in [-0.2, 0) is 4.79 Å². The van der Waals surface area contributed by atoms with E-state index in [-0.39, 0.29) is 36.0 Å². The van der Waals surface area contributed by atoms with Crippen LogP contribution in [0.3, 0.4) is 0 Å². The van der Waals surface area contributed by atoms with Gasteiger partial charge in [0.25, 0.3) is 0 Å². The van der Waals surface area contributed by atoms with Crippen molar-refractivity contribution >= 4 is 74.9 Å². The second kappa shape index (κ2) is 9.73. The number of rotatable bonds is 7. The number of anilines is 1. The first kappa shape index (κ1) is 19.7. The van der Waals surface area contributed by atoms with Crippen LogP contribution in [0.1, 0.15) is 23.4 Å². The molecule has 6 heteroatoms. The van der Waals surface area contributed by atoms with Crippen LogP contribution in [0.5, 0.6) is 0 Å². The van der Waals surface area contributed by atoms with Crippen LogP contribution in [0, 0.1) is 0 Å². The molecule has 0 saturated carbocycles. The number of carboxylic acid groups (broad SMARTS) is 1. The topological polar surface area (TPSA) is 62.2 Å². The van der Waals surface area contributed by atoms with Gasteiger partial charge >= 0.3 is 35.5 Å². The van der Waals surface area contributed by atoms with Gasteiger partial charge in [0.15, 0.2) is 0 Å². The number of aromatic nitrogens is 1. The number of carbonyl (C=O) groups is 1. The van der Waals surface area contributed by atoms with Gasteiger partial charge in [0.05, 0.1) is 10.2 Å². The summed E-state index contributed by atoms with van der Waals surface area (Å²) >= 11 is 1.67. The van der Waals surface area contributed by atoms with E-state index in [9.17, 15) is 4.79 Å². The van der Waals surface area contributed by atoms with Gasteiger partial charge < -0.3 is 10.4 Å². The number of benzene rings is 2. The Morgan fingerprint density at radius 3 is 2.80 bits per heavy atom. The normalized spacial score (nSPS) is 10.7. The molecule has 0 radical (unpaired) electrons. The predicted octanol–water partition coefficient (Wildman–Crippen LogP) is 4.09. The van der Waals surface area contributed by atoms with Crippen LogP contribution < -0.4 is 5.32 Å². The van der Waals surface area contributed by atoms with E-state index in [0.717, 1.165) is 21.8 Å². The van der Waals surface area contributed by atoms with Crippen LogP contribution in [0.15, 0.2) is 48.5 Å². The quantitative estimate of drug-likeness (QED) is 0.491. The van der Waals surface area contributed by atoms with Crippen LogP contribution in [-0.4, -0.2) is 52.2 Å². The summed E-state index contributed by atoms with van der Waals surface area (Å²) in [5.74, 6) is -0.760. The van der Waals surface area contributed by atoms with Gasteiger partial charge in [-0.1, -0.05) is 30.3 Å². The van der Waals surface area contributed by atoms with E-state index in [1.165, 1.54) is 4.70 Å². The third kappa shape index (κ3) is 5.97. The monoisotopic (exact) mass is 362 g/mol. The molecule has 1 heterocycles. The molecular formula is C19H19N2NaO2S. The molecule has 0 aliphatic heterocycles. The summed E-state index contributed by atoms with van der Waals surface area (Å²) in [7, 11) is 0. The predicted molar refractivity (Wildman–Crippen MR) is 107 cm³/mol. The van der Waals surface area contributed by atoms with Crippen molar-refractivity contribution in [2.24, 2.45) is 0 Å². The molecule has 2 N–H and O–H groups in total. The summed E-state index contributed by atoms with van der Waals surface area (Å²) in [4.78, 5) is 15.1. The number of aliphatic carboxylic acids is 1. The molecule has 124 valence electrons. The van der Waals surface area contributed by atoms with Crippen LogP contribution in [0.2, 0.25) is 0 Å². The average molecular weight is 362 g/mol. The third-order valence-corrected chi connectivity index (χ3v) is 4.51. The van der Waals surface area contributed by atoms with E-state index in [4.69, 9.17) is 5.11 Å². The number of carboxylic acids is 1. The third-order valence-electron chi connectivity index (χ3n) is 3.51. The number of nitrogens with zero attached hydrogens (tertiary/aromatic N) is 1. The van der Waals surface area contributed by atoms with E-state index >= 15 is 0 Å². The van der Waals surface area contributed by atoms with Crippen molar-refractivity contribution in [1.82, 2.24) is 4.98 Å². The van der Waals surface area contributed by atoms with Gasteiger partial charge in [-0.05, 0) is 42.3 Å². The number of nitrogens with one attached hydrogen (secondary N) is 1. The van der Waals surface area contributed by atoms with E-state index in [0.29, 0.717) is 13.0 Å². The Labute approximate surface area is 172 Å². The first-order valence-corrected chi connectivity index (χ1v) is 8.62. The minimum absolute atomic E-state index is 0. The summed E-state index contributed by atoms with van der Waals surface area (Å²) in [5.41, 5.74) is 3.10. The molecule has 4 nitrogen and oxygen atoms in total. The van der Waals surface area contributed by atoms with E-state index < -0.39 is 5.97 Å². The molecule has 1 aromatic heterocycles. The maximum absolute atomic E-state index is 10.5. The van der Waals surface area contributed by atoms with Crippen molar-refractivity contribution in [3.05, 3.63) is 59.1 Å². The maximum atomic E-state index is 10.5. The Morgan fingerprint density at radius 1 is 1.16 bits per heavy atom. The second-order valence-electron chi connectivity index (χ2n) is 5.40. The molecule has 0 aliphatic carbocycles. The van der Waals surface area contributed by atoms with E-state index in [1.807, 2.05) is 54.6 Å². The molecule has 0 atom stereocenters. The Kier molecular flexibility index (Phi) is 7.65. The molecule has 0 unspecified atom stereocenters. The van der Waals surface area contributed by atoms with E-state index in [2.05, 4.69) is 16.4 Å². The number of thiazole rings is 1. The van der Waals surface area contributed by atoms with Crippen molar-refractivity contribution in [2.45, 2.75) is 12.8 Å². The molecule has 0 amide bonds. The summed E-state index contributed by atoms with van der Waals surface area (Å²) < 4.78 is 1.19. The summed E-state index contributed by atoms with van der Waals surface area (Å²) in [6, 6.07) is 16.2. The van der Waals surface area contributed by atoms with E-state index in [1.54, 1.807) is 11.3 Å². The van der Waals surface area contributed by atoms with Crippen LogP contribution in [0.4, 0.5) is 5.69 Å². The van der Waals surface area contributed by atoms with Crippen molar-refractivity contribution in [1.29, 1.82) is 0 Å². The fourth-order valence-corrected chi connectivity index (χ4v) is 3.22. The molecule has 0 fully saturated rings. The minimum atomic E-state index is -0.760. The zero-order chi connectivity index (χ0) is 16.8. The summed E-state index contributed by atoms with van der Waals surface area (Å²) in [5, 5.41) is 12.9. The average Bonchev–Trinajstić information content (AvgIpc) is 3.00. The molecule has 0 saturated heterocycles. The van der Waals surface area contributed by atoms with Gasteiger partial charge in [0, 0.05) is 18.7 Å². The first-order chi connectivity index (χ1) is 11.7. The zero-order valence-electron chi connectivity index (χ0n) is 13.1. The van der Waals surface area contributed by atoms with Gasteiger partial charge in [0.1, 0.15) is 5.01 Å². The SMILES string of the molecule is O=C(O)CCCNc1cccc(/C=C/c2nc3ccccc3s2)c1.[NaH]. The Hall–Kier alpha value is -1.66. The Bertz CT molecular complexity index is 843. The molecular weight excluding hydrogens is 343 g/mol. The fourth-order valence-electron chi connectivity index (χ4n) is 2.35. The van der Waals surface area contributed by atoms with Gasteiger partial charge in [-0.2, -0.15) is 0 Å². The van der Waals surface area contributed by atoms with Crippen LogP contribution >= 0.6 is 11.3 Å². The number of fused-ring (bicyclic) bond motifs is 1. The van der Waals surface area contributed by atoms with Gasteiger partial charge in [0.2, 0.25) is 0 Å². The first-order valence-electron chi connectivity index (χ1n) is 7.80. The number of para-hydroxylation sites is 1. The van der Waals surface area contributed by atoms with Crippen molar-refractivity contribution in [3.63, 3.8) is 0 Å². The Morgan fingerprint density at radius 2 is 2.00 bits per heavy atom. The van der Waals surface area contributed by atoms with Gasteiger partial charge in [-0.25, -0.2) is 4.98 Å². The molecule has 3 aromatic rings. The zero-order valence-corrected chi connectivity index (χ0v) is 13.9. The molecule has 3 rings (SSSR count). The fraction of sp³-hybridized carbons (Fsp3) is 0.158. The number of hydrogen-bond donors (Lipinski definition) is 2.